The van der Waals surface area contributed by atoms with Crippen LogP contribution in [0.2, 0.25) is 0 Å². The number of terminal acetylenes is 1. The fourth-order valence-corrected chi connectivity index (χ4v) is 8.57. The maximum Gasteiger partial charge on any atom is 0.318 e. The maximum atomic E-state index is 16.6. The number of rotatable bonds is 11. The summed E-state index contributed by atoms with van der Waals surface area (Å²) in [6, 6.07) is 7.17. The molecule has 4 saturated heterocycles. The summed E-state index contributed by atoms with van der Waals surface area (Å²) in [6.07, 6.45) is 18.7. The number of esters is 1. The third-order valence-electron chi connectivity index (χ3n) is 11.2. The van der Waals surface area contributed by atoms with E-state index in [1.54, 1.807) is 6.07 Å². The van der Waals surface area contributed by atoms with E-state index in [4.69, 9.17) is 15.9 Å². The second-order valence-electron chi connectivity index (χ2n) is 15.0. The smallest absolute Gasteiger partial charge is 0.318 e. The predicted molar refractivity (Wildman–Crippen MR) is 205 cm³/mol. The van der Waals surface area contributed by atoms with Crippen LogP contribution >= 0.6 is 0 Å². The summed E-state index contributed by atoms with van der Waals surface area (Å²) < 4.78 is 55.3. The zero-order valence-electron chi connectivity index (χ0n) is 31.2. The lowest BCUT2D eigenvalue weighted by Gasteiger charge is -2.34. The monoisotopic (exact) mass is 742 g/mol. The number of pyridine rings is 1. The highest BCUT2D eigenvalue weighted by molar-refractivity contribution is 6.03. The zero-order valence-corrected chi connectivity index (χ0v) is 31.2. The fourth-order valence-electron chi connectivity index (χ4n) is 8.57. The molecule has 2 aromatic heterocycles. The zero-order chi connectivity index (χ0) is 37.8. The molecule has 4 aliphatic heterocycles. The number of halogens is 3. The van der Waals surface area contributed by atoms with Gasteiger partial charge in [0.1, 0.15) is 34.8 Å². The molecule has 2 aromatic carbocycles. The van der Waals surface area contributed by atoms with Gasteiger partial charge in [0.25, 0.3) is 0 Å². The van der Waals surface area contributed by atoms with Crippen molar-refractivity contribution in [2.75, 3.05) is 38.2 Å². The summed E-state index contributed by atoms with van der Waals surface area (Å²) in [6.45, 7) is 5.46. The minimum atomic E-state index is -0.739. The highest BCUT2D eigenvalue weighted by Gasteiger charge is 2.35. The van der Waals surface area contributed by atoms with Crippen LogP contribution in [0.1, 0.15) is 89.5 Å². The molecule has 0 aliphatic carbocycles. The number of benzene rings is 2. The molecule has 4 atom stereocenters. The number of nitrogens with one attached hydrogen (secondary N) is 1. The van der Waals surface area contributed by atoms with Gasteiger partial charge in [-0.05, 0) is 68.7 Å². The Balaban J connectivity index is 0.000000433. The molecule has 1 N–H and O–H groups in total. The standard InChI is InChI=1S/C35H37F2N5O3.C7H12FN/c1-4-6-7-8-9-10-11-29(43)45-24-16-21-12-15-28(36)25(5-2)30(21)26(17-24)32-31(37)33-27(18-38-32)34(41-35(40-33)44-3)42-19-22-13-14-23(20-42)39-22;8-6-4-7-2-1-3-9(7)5-6/h2,12,15-18,22-23,39H,4,6-11,13-14,19-20H2,1,3H3;6-7H,1-5H2/t;6-,7?/m.1/s1. The Bertz CT molecular complexity index is 2010. The second kappa shape index (κ2) is 16.9. The molecule has 4 fully saturated rings. The fraction of sp³-hybridized carbons (Fsp3) is 0.524. The molecule has 54 heavy (non-hydrogen) atoms. The lowest BCUT2D eigenvalue weighted by molar-refractivity contribution is -0.134. The van der Waals surface area contributed by atoms with Crippen LogP contribution in [0.25, 0.3) is 32.9 Å². The maximum absolute atomic E-state index is 16.6. The number of fused-ring (bicyclic) bond motifs is 5. The highest BCUT2D eigenvalue weighted by atomic mass is 19.1. The van der Waals surface area contributed by atoms with E-state index >= 15 is 4.39 Å². The first-order valence-electron chi connectivity index (χ1n) is 19.5. The average molecular weight is 743 g/mol. The quantitative estimate of drug-likeness (QED) is 0.0713. The first-order chi connectivity index (χ1) is 26.3. The van der Waals surface area contributed by atoms with E-state index in [2.05, 4.69) is 42.9 Å². The third-order valence-corrected chi connectivity index (χ3v) is 11.2. The number of nitrogens with zero attached hydrogens (tertiary/aromatic N) is 5. The summed E-state index contributed by atoms with van der Waals surface area (Å²) in [5.74, 6) is 1.39. The van der Waals surface area contributed by atoms with Crippen molar-refractivity contribution in [2.24, 2.45) is 0 Å². The van der Waals surface area contributed by atoms with E-state index in [9.17, 15) is 13.6 Å². The van der Waals surface area contributed by atoms with E-state index in [0.717, 1.165) is 71.0 Å². The number of alkyl halides is 1. The molecule has 0 spiro atoms. The highest BCUT2D eigenvalue weighted by Crippen LogP contribution is 2.39. The van der Waals surface area contributed by atoms with Crippen molar-refractivity contribution < 1.29 is 27.4 Å². The van der Waals surface area contributed by atoms with Crippen LogP contribution in [0.5, 0.6) is 11.8 Å². The summed E-state index contributed by atoms with van der Waals surface area (Å²) >= 11 is 0. The largest absolute Gasteiger partial charge is 0.467 e. The van der Waals surface area contributed by atoms with Crippen LogP contribution < -0.4 is 19.7 Å². The van der Waals surface area contributed by atoms with Crippen LogP contribution in [0.3, 0.4) is 0 Å². The Kier molecular flexibility index (Phi) is 11.8. The molecule has 4 aromatic rings. The number of methoxy groups -OCH3 is 1. The van der Waals surface area contributed by atoms with Crippen LogP contribution in [0.15, 0.2) is 30.5 Å². The lowest BCUT2D eigenvalue weighted by Crippen LogP contribution is -2.51. The van der Waals surface area contributed by atoms with E-state index < -0.39 is 23.8 Å². The normalized spacial score (nSPS) is 21.9. The number of carbonyl (C=O) groups excluding carboxylic acids is 1. The molecule has 0 saturated carbocycles. The van der Waals surface area contributed by atoms with Crippen molar-refractivity contribution in [3.05, 3.63) is 47.7 Å². The van der Waals surface area contributed by atoms with Gasteiger partial charge in [0.05, 0.1) is 18.1 Å². The number of anilines is 1. The number of hydrogen-bond acceptors (Lipinski definition) is 9. The number of hydrogen-bond donors (Lipinski definition) is 1. The van der Waals surface area contributed by atoms with Gasteiger partial charge in [-0.15, -0.1) is 6.42 Å². The van der Waals surface area contributed by atoms with Crippen molar-refractivity contribution >= 4 is 33.5 Å². The molecule has 2 bridgehead atoms. The molecule has 4 aliphatic rings. The van der Waals surface area contributed by atoms with Crippen molar-refractivity contribution in [1.82, 2.24) is 25.2 Å². The van der Waals surface area contributed by atoms with E-state index in [1.807, 2.05) is 0 Å². The van der Waals surface area contributed by atoms with Crippen LogP contribution in [0, 0.1) is 24.0 Å². The molecular weight excluding hydrogens is 693 g/mol. The van der Waals surface area contributed by atoms with Gasteiger partial charge in [-0.25, -0.2) is 13.2 Å². The van der Waals surface area contributed by atoms with Crippen molar-refractivity contribution in [3.8, 4) is 35.4 Å². The predicted octanol–water partition coefficient (Wildman–Crippen LogP) is 7.90. The molecule has 6 heterocycles. The van der Waals surface area contributed by atoms with Crippen molar-refractivity contribution in [2.45, 2.75) is 108 Å². The molecule has 0 amide bonds. The molecule has 3 unspecified atom stereocenters. The minimum absolute atomic E-state index is 0.0185. The van der Waals surface area contributed by atoms with Gasteiger partial charge in [-0.1, -0.05) is 51.0 Å². The number of ether oxygens (including phenoxy) is 2. The topological polar surface area (TPSA) is 92.7 Å². The van der Waals surface area contributed by atoms with Gasteiger partial charge in [0.15, 0.2) is 5.82 Å². The molecule has 0 radical (unpaired) electrons. The van der Waals surface area contributed by atoms with Gasteiger partial charge < -0.3 is 19.7 Å². The molecule has 8 rings (SSSR count). The van der Waals surface area contributed by atoms with Gasteiger partial charge in [-0.3, -0.25) is 14.7 Å². The molecule has 12 heteroatoms. The Labute approximate surface area is 315 Å². The first-order valence-corrected chi connectivity index (χ1v) is 19.5. The minimum Gasteiger partial charge on any atom is -0.467 e. The van der Waals surface area contributed by atoms with Gasteiger partial charge in [-0.2, -0.15) is 9.97 Å². The number of aromatic nitrogens is 3. The van der Waals surface area contributed by atoms with Crippen LogP contribution in [0.4, 0.5) is 19.0 Å². The SMILES string of the molecule is C#Cc1c(F)ccc2cc(OC(=O)CCCCCCCC)cc(-c3ncc4c(N5CC6CCC(C5)N6)nc(OC)nc4c3F)c12.F[C@@H]1CC2CCCN2C1. The summed E-state index contributed by atoms with van der Waals surface area (Å²) in [7, 11) is 1.44. The second-order valence-corrected chi connectivity index (χ2v) is 15.0. The van der Waals surface area contributed by atoms with Crippen LogP contribution in [-0.4, -0.2) is 83.4 Å². The van der Waals surface area contributed by atoms with Gasteiger partial charge >= 0.3 is 12.0 Å². The summed E-state index contributed by atoms with van der Waals surface area (Å²) in [5, 5.41) is 4.81. The summed E-state index contributed by atoms with van der Waals surface area (Å²) in [4.78, 5) is 30.7. The average Bonchev–Trinajstić information content (AvgIpc) is 3.86. The molecular formula is C42H49F3N6O3. The van der Waals surface area contributed by atoms with E-state index in [1.165, 1.54) is 50.8 Å². The number of carbonyl (C=O) groups is 1. The van der Waals surface area contributed by atoms with E-state index in [-0.39, 0.29) is 40.5 Å². The Hall–Kier alpha value is -4.47. The lowest BCUT2D eigenvalue weighted by atomic mass is 9.95. The Morgan fingerprint density at radius 2 is 1.81 bits per heavy atom. The summed E-state index contributed by atoms with van der Waals surface area (Å²) in [5.41, 5.74) is 0.0765. The van der Waals surface area contributed by atoms with Crippen molar-refractivity contribution in [3.63, 3.8) is 0 Å². The number of unbranched alkanes of at least 4 members (excludes halogenated alkanes) is 5. The van der Waals surface area contributed by atoms with E-state index in [0.29, 0.717) is 46.6 Å². The number of piperazine rings is 1. The van der Waals surface area contributed by atoms with Gasteiger partial charge in [0.2, 0.25) is 0 Å². The Morgan fingerprint density at radius 3 is 2.56 bits per heavy atom. The third kappa shape index (κ3) is 8.13. The van der Waals surface area contributed by atoms with Crippen LogP contribution in [-0.2, 0) is 4.79 Å². The van der Waals surface area contributed by atoms with Crippen molar-refractivity contribution in [1.29, 1.82) is 0 Å². The first kappa shape index (κ1) is 37.8. The Morgan fingerprint density at radius 1 is 1.04 bits per heavy atom. The van der Waals surface area contributed by atoms with Gasteiger partial charge in [0, 0.05) is 61.3 Å². The molecule has 286 valence electrons. The molecule has 9 nitrogen and oxygen atoms in total.